The number of aryl methyl sites for hydroxylation is 1. The number of carbonyl (C=O) groups excluding carboxylic acids is 1. The van der Waals surface area contributed by atoms with Crippen LogP contribution in [0.1, 0.15) is 54.9 Å². The Kier molecular flexibility index (Phi) is 4.46. The van der Waals surface area contributed by atoms with Gasteiger partial charge >= 0.3 is 0 Å². The van der Waals surface area contributed by atoms with E-state index in [4.69, 9.17) is 5.73 Å². The largest absolute Gasteiger partial charge is 0.398 e. The maximum Gasteiger partial charge on any atom is 0.254 e. The Morgan fingerprint density at radius 1 is 1.37 bits per heavy atom. The molecule has 1 fully saturated rings. The van der Waals surface area contributed by atoms with Gasteiger partial charge in [-0.05, 0) is 43.9 Å². The molecule has 1 atom stereocenters. The zero-order chi connectivity index (χ0) is 13.8. The summed E-state index contributed by atoms with van der Waals surface area (Å²) >= 11 is 0. The Bertz CT molecular complexity index is 456. The fraction of sp³-hybridized carbons (Fsp3) is 0.562. The molecule has 3 nitrogen and oxygen atoms in total. The highest BCUT2D eigenvalue weighted by molar-refractivity contribution is 5.95. The van der Waals surface area contributed by atoms with Crippen molar-refractivity contribution in [1.82, 2.24) is 4.90 Å². The molecular weight excluding hydrogens is 236 g/mol. The molecule has 104 valence electrons. The van der Waals surface area contributed by atoms with Gasteiger partial charge in [0.1, 0.15) is 0 Å². The Labute approximate surface area is 115 Å². The number of hydrogen-bond donors (Lipinski definition) is 1. The van der Waals surface area contributed by atoms with Crippen LogP contribution >= 0.6 is 0 Å². The lowest BCUT2D eigenvalue weighted by molar-refractivity contribution is 0.0678. The Balaban J connectivity index is 2.22. The minimum atomic E-state index is 0.139. The van der Waals surface area contributed by atoms with Gasteiger partial charge in [0.25, 0.3) is 5.91 Å². The van der Waals surface area contributed by atoms with Crippen molar-refractivity contribution >= 4 is 11.6 Å². The van der Waals surface area contributed by atoms with Crippen molar-refractivity contribution in [3.8, 4) is 0 Å². The Hall–Kier alpha value is -1.51. The van der Waals surface area contributed by atoms with Gasteiger partial charge in [-0.15, -0.1) is 0 Å². The number of rotatable bonds is 2. The summed E-state index contributed by atoms with van der Waals surface area (Å²) in [6.07, 6.45) is 5.74. The first-order valence-electron chi connectivity index (χ1n) is 7.30. The topological polar surface area (TPSA) is 46.3 Å². The van der Waals surface area contributed by atoms with E-state index >= 15 is 0 Å². The summed E-state index contributed by atoms with van der Waals surface area (Å²) in [5.41, 5.74) is 8.37. The van der Waals surface area contributed by atoms with Crippen LogP contribution in [0.5, 0.6) is 0 Å². The molecular formula is C16H24N2O. The van der Waals surface area contributed by atoms with E-state index in [1.807, 2.05) is 25.1 Å². The fourth-order valence-corrected chi connectivity index (χ4v) is 2.81. The maximum atomic E-state index is 12.7. The number of nitrogens with two attached hydrogens (primary N) is 1. The average Bonchev–Trinajstić information content (AvgIpc) is 2.66. The minimum Gasteiger partial charge on any atom is -0.398 e. The summed E-state index contributed by atoms with van der Waals surface area (Å²) < 4.78 is 0. The van der Waals surface area contributed by atoms with E-state index in [1.165, 1.54) is 12.8 Å². The zero-order valence-electron chi connectivity index (χ0n) is 12.0. The second-order valence-corrected chi connectivity index (χ2v) is 5.48. The van der Waals surface area contributed by atoms with Crippen LogP contribution in [0.3, 0.4) is 0 Å². The van der Waals surface area contributed by atoms with Crippen LogP contribution in [0, 0.1) is 6.92 Å². The number of carbonyl (C=O) groups is 1. The number of likely N-dealkylation sites (tertiary alicyclic amines) is 1. The third kappa shape index (κ3) is 3.09. The van der Waals surface area contributed by atoms with Gasteiger partial charge in [0.2, 0.25) is 0 Å². The summed E-state index contributed by atoms with van der Waals surface area (Å²) in [6, 6.07) is 6.03. The van der Waals surface area contributed by atoms with E-state index in [1.54, 1.807) is 0 Å². The Morgan fingerprint density at radius 2 is 2.16 bits per heavy atom. The lowest BCUT2D eigenvalue weighted by Crippen LogP contribution is -2.39. The van der Waals surface area contributed by atoms with Crippen molar-refractivity contribution in [3.05, 3.63) is 29.3 Å². The zero-order valence-corrected chi connectivity index (χ0v) is 12.0. The van der Waals surface area contributed by atoms with Gasteiger partial charge in [-0.1, -0.05) is 25.8 Å². The molecule has 19 heavy (non-hydrogen) atoms. The molecule has 1 unspecified atom stereocenters. The predicted molar refractivity (Wildman–Crippen MR) is 79.2 cm³/mol. The van der Waals surface area contributed by atoms with Gasteiger partial charge < -0.3 is 10.6 Å². The molecule has 0 saturated carbocycles. The van der Waals surface area contributed by atoms with Crippen LogP contribution < -0.4 is 5.73 Å². The number of amides is 1. The summed E-state index contributed by atoms with van der Waals surface area (Å²) in [5.74, 6) is 0.139. The van der Waals surface area contributed by atoms with E-state index in [-0.39, 0.29) is 5.91 Å². The normalized spacial score (nSPS) is 20.1. The molecule has 0 aliphatic carbocycles. The molecule has 0 radical (unpaired) electrons. The van der Waals surface area contributed by atoms with E-state index in [0.717, 1.165) is 36.9 Å². The van der Waals surface area contributed by atoms with E-state index < -0.39 is 0 Å². The highest BCUT2D eigenvalue weighted by atomic mass is 16.2. The third-order valence-corrected chi connectivity index (χ3v) is 4.14. The Morgan fingerprint density at radius 3 is 2.84 bits per heavy atom. The van der Waals surface area contributed by atoms with Gasteiger partial charge in [-0.25, -0.2) is 0 Å². The first kappa shape index (κ1) is 13.9. The van der Waals surface area contributed by atoms with Crippen LogP contribution in [0.15, 0.2) is 18.2 Å². The smallest absolute Gasteiger partial charge is 0.254 e. The molecule has 0 bridgehead atoms. The van der Waals surface area contributed by atoms with Gasteiger partial charge in [0.05, 0.1) is 0 Å². The number of anilines is 1. The van der Waals surface area contributed by atoms with Crippen molar-refractivity contribution in [2.45, 2.75) is 52.0 Å². The highest BCUT2D eigenvalue weighted by Crippen LogP contribution is 2.22. The molecule has 2 rings (SSSR count). The molecule has 1 amide bonds. The van der Waals surface area contributed by atoms with Crippen molar-refractivity contribution in [2.75, 3.05) is 12.3 Å². The SMILES string of the molecule is CCC1CCCCCN1C(=O)c1ccc(C)c(N)c1. The van der Waals surface area contributed by atoms with Crippen LogP contribution in [-0.2, 0) is 0 Å². The molecule has 2 N–H and O–H groups in total. The molecule has 1 aliphatic rings. The second kappa shape index (κ2) is 6.09. The average molecular weight is 260 g/mol. The summed E-state index contributed by atoms with van der Waals surface area (Å²) in [4.78, 5) is 14.7. The monoisotopic (exact) mass is 260 g/mol. The van der Waals surface area contributed by atoms with Crippen molar-refractivity contribution in [2.24, 2.45) is 0 Å². The fourth-order valence-electron chi connectivity index (χ4n) is 2.81. The lowest BCUT2D eigenvalue weighted by atomic mass is 10.1. The number of nitrogens with zero attached hydrogens (tertiary/aromatic N) is 1. The number of nitrogen functional groups attached to an aromatic ring is 1. The van der Waals surface area contributed by atoms with Gasteiger partial charge in [-0.3, -0.25) is 4.79 Å². The lowest BCUT2D eigenvalue weighted by Gasteiger charge is -2.29. The number of hydrogen-bond acceptors (Lipinski definition) is 2. The molecule has 0 aromatic heterocycles. The van der Waals surface area contributed by atoms with Crippen LogP contribution in [0.25, 0.3) is 0 Å². The third-order valence-electron chi connectivity index (χ3n) is 4.14. The second-order valence-electron chi connectivity index (χ2n) is 5.48. The quantitative estimate of drug-likeness (QED) is 0.829. The van der Waals surface area contributed by atoms with Gasteiger partial charge in [0, 0.05) is 23.8 Å². The number of benzene rings is 1. The molecule has 0 spiro atoms. The van der Waals surface area contributed by atoms with Gasteiger partial charge in [0.15, 0.2) is 0 Å². The standard InChI is InChI=1S/C16H24N2O/c1-3-14-7-5-4-6-10-18(14)16(19)13-9-8-12(2)15(17)11-13/h8-9,11,14H,3-7,10,17H2,1-2H3. The summed E-state index contributed by atoms with van der Waals surface area (Å²) in [7, 11) is 0. The van der Waals surface area contributed by atoms with Crippen molar-refractivity contribution in [1.29, 1.82) is 0 Å². The minimum absolute atomic E-state index is 0.139. The van der Waals surface area contributed by atoms with E-state index in [0.29, 0.717) is 11.7 Å². The molecule has 1 aliphatic heterocycles. The first-order valence-corrected chi connectivity index (χ1v) is 7.30. The van der Waals surface area contributed by atoms with Crippen LogP contribution in [0.2, 0.25) is 0 Å². The first-order chi connectivity index (χ1) is 9.13. The summed E-state index contributed by atoms with van der Waals surface area (Å²) in [6.45, 7) is 5.01. The van der Waals surface area contributed by atoms with E-state index in [2.05, 4.69) is 11.8 Å². The predicted octanol–water partition coefficient (Wildman–Crippen LogP) is 3.37. The van der Waals surface area contributed by atoms with Gasteiger partial charge in [-0.2, -0.15) is 0 Å². The highest BCUT2D eigenvalue weighted by Gasteiger charge is 2.25. The van der Waals surface area contributed by atoms with Crippen molar-refractivity contribution < 1.29 is 4.79 Å². The van der Waals surface area contributed by atoms with E-state index in [9.17, 15) is 4.79 Å². The van der Waals surface area contributed by atoms with Crippen LogP contribution in [0.4, 0.5) is 5.69 Å². The summed E-state index contributed by atoms with van der Waals surface area (Å²) in [5, 5.41) is 0. The van der Waals surface area contributed by atoms with Crippen LogP contribution in [-0.4, -0.2) is 23.4 Å². The molecule has 3 heteroatoms. The van der Waals surface area contributed by atoms with Crippen molar-refractivity contribution in [3.63, 3.8) is 0 Å². The molecule has 1 aromatic rings. The molecule has 1 heterocycles. The maximum absolute atomic E-state index is 12.7. The molecule has 1 saturated heterocycles. The molecule has 1 aromatic carbocycles.